The number of ether oxygens (including phenoxy) is 3. The second-order valence-corrected chi connectivity index (χ2v) is 15.7. The lowest BCUT2D eigenvalue weighted by Crippen LogP contribution is -2.57. The van der Waals surface area contributed by atoms with Crippen LogP contribution in [0, 0.1) is 0 Å². The molecular formula is C38H57NO15S. The monoisotopic (exact) mass is 799 g/mol. The second kappa shape index (κ2) is 20.4. The lowest BCUT2D eigenvalue weighted by Gasteiger charge is -2.41. The van der Waals surface area contributed by atoms with Crippen molar-refractivity contribution in [3.05, 3.63) is 70.1 Å². The zero-order valence-corrected chi connectivity index (χ0v) is 32.1. The molecule has 2 aromatic carbocycles. The van der Waals surface area contributed by atoms with Crippen molar-refractivity contribution in [2.24, 2.45) is 0 Å². The smallest absolute Gasteiger partial charge is 0.113 e. The Bertz CT molecular complexity index is 1530. The average Bonchev–Trinajstić information content (AvgIpc) is 3.58. The molecule has 0 unspecified atom stereocenters. The molecule has 0 spiro atoms. The van der Waals surface area contributed by atoms with E-state index in [0.717, 1.165) is 23.1 Å². The van der Waals surface area contributed by atoms with Gasteiger partial charge in [0.25, 0.3) is 0 Å². The van der Waals surface area contributed by atoms with Crippen LogP contribution >= 0.6 is 11.3 Å². The van der Waals surface area contributed by atoms with Gasteiger partial charge in [0.05, 0.1) is 32.0 Å². The summed E-state index contributed by atoms with van der Waals surface area (Å²) in [6, 6.07) is 16.6. The van der Waals surface area contributed by atoms with Crippen LogP contribution in [0.3, 0.4) is 0 Å². The van der Waals surface area contributed by atoms with Crippen LogP contribution in [0.5, 0.6) is 0 Å². The summed E-state index contributed by atoms with van der Waals surface area (Å²) in [6.45, 7) is 2.61. The van der Waals surface area contributed by atoms with Gasteiger partial charge in [-0.1, -0.05) is 36.4 Å². The minimum atomic E-state index is -1.39. The quantitative estimate of drug-likeness (QED) is 0.115. The van der Waals surface area contributed by atoms with E-state index >= 15 is 0 Å². The van der Waals surface area contributed by atoms with Crippen LogP contribution in [0.25, 0.3) is 10.1 Å². The molecule has 0 bridgehead atoms. The first-order chi connectivity index (χ1) is 26.0. The minimum absolute atomic E-state index is 0.366. The number of aliphatic hydroxyl groups is 12. The Morgan fingerprint density at radius 3 is 1.56 bits per heavy atom. The number of hydrogen-bond acceptors (Lipinski definition) is 17. The number of thiophene rings is 1. The van der Waals surface area contributed by atoms with Crippen LogP contribution in [0.15, 0.2) is 48.5 Å². The Hall–Kier alpha value is -2.24. The number of rotatable bonds is 8. The molecule has 6 rings (SSSR count). The third-order valence-corrected chi connectivity index (χ3v) is 11.1. The van der Waals surface area contributed by atoms with E-state index in [1.165, 1.54) is 15.0 Å². The summed E-state index contributed by atoms with van der Waals surface area (Å²) in [5.41, 5.74) is 2.81. The fraction of sp³-hybridized carbons (Fsp3) is 0.632. The first-order valence-electron chi connectivity index (χ1n) is 18.2. The van der Waals surface area contributed by atoms with Crippen molar-refractivity contribution in [2.75, 3.05) is 33.9 Å². The van der Waals surface area contributed by atoms with E-state index in [1.54, 1.807) is 25.2 Å². The molecule has 55 heavy (non-hydrogen) atoms. The molecule has 17 heteroatoms. The Kier molecular flexibility index (Phi) is 16.9. The first-order valence-corrected chi connectivity index (χ1v) is 19.0. The van der Waals surface area contributed by atoms with E-state index in [4.69, 9.17) is 24.4 Å². The van der Waals surface area contributed by atoms with Crippen LogP contribution in [0.4, 0.5) is 0 Å². The molecule has 4 heterocycles. The Morgan fingerprint density at radius 2 is 1.07 bits per heavy atom. The highest BCUT2D eigenvalue weighted by atomic mass is 32.1. The SMILES string of the molecule is CN(C)Cc1ccc(Cc2cc3ccccc3s2)cc1[C@@H]1O[C@H](CO)[C@@H](O)[C@H](O)[C@H]1O.C[C@@H]1O[C@H](CO)[C@@H](O)[C@H](O)[C@H]1O.C[C@@H]1O[C@H](CO)[C@@H](O)[C@H](O)[C@H]1O. The normalized spacial score (nSPS) is 36.5. The fourth-order valence-corrected chi connectivity index (χ4v) is 7.86. The molecule has 12 N–H and O–H groups in total. The molecule has 0 radical (unpaired) electrons. The highest BCUT2D eigenvalue weighted by Crippen LogP contribution is 2.36. The van der Waals surface area contributed by atoms with E-state index < -0.39 is 98.2 Å². The third kappa shape index (κ3) is 11.0. The van der Waals surface area contributed by atoms with Gasteiger partial charge in [0.1, 0.15) is 79.4 Å². The standard InChI is InChI=1S/C24H29NO5S.2C7H14O5/c1-25(2)12-16-8-7-14(9-17-11-15-5-3-4-6-20(15)31-17)10-18(16)24-23(29)22(28)21(27)19(13-26)30-24;2*1-3-5(9)7(11)6(10)4(2-8)12-3/h3-8,10-11,19,21-24,26-29H,9,12-13H2,1-2H3;2*3-11H,2H2,1H3/t19-,21-,22+,23-,24+;2*3-,4+,5-,6+,7+/m100/s1. The van der Waals surface area contributed by atoms with Crippen LogP contribution in [0.2, 0.25) is 0 Å². The van der Waals surface area contributed by atoms with Gasteiger partial charge in [-0.25, -0.2) is 0 Å². The van der Waals surface area contributed by atoms with Gasteiger partial charge in [0.15, 0.2) is 0 Å². The maximum absolute atomic E-state index is 10.7. The molecule has 3 aromatic rings. The van der Waals surface area contributed by atoms with Gasteiger partial charge in [-0.2, -0.15) is 0 Å². The number of hydrogen-bond donors (Lipinski definition) is 12. The Morgan fingerprint density at radius 1 is 0.582 bits per heavy atom. The number of benzene rings is 2. The molecule has 0 aliphatic carbocycles. The predicted octanol–water partition coefficient (Wildman–Crippen LogP) is -2.23. The van der Waals surface area contributed by atoms with Crippen molar-refractivity contribution in [3.8, 4) is 0 Å². The van der Waals surface area contributed by atoms with E-state index in [9.17, 15) is 51.1 Å². The highest BCUT2D eigenvalue weighted by molar-refractivity contribution is 7.19. The summed E-state index contributed by atoms with van der Waals surface area (Å²) in [6.07, 6.45) is -15.0. The van der Waals surface area contributed by atoms with Crippen molar-refractivity contribution in [1.29, 1.82) is 0 Å². The lowest BCUT2D eigenvalue weighted by molar-refractivity contribution is -0.232. The number of fused-ring (bicyclic) bond motifs is 1. The molecule has 3 aliphatic heterocycles. The van der Waals surface area contributed by atoms with Crippen molar-refractivity contribution < 1.29 is 75.5 Å². The van der Waals surface area contributed by atoms with Gasteiger partial charge in [0, 0.05) is 22.5 Å². The van der Waals surface area contributed by atoms with Crippen LogP contribution in [-0.2, 0) is 27.2 Å². The van der Waals surface area contributed by atoms with Gasteiger partial charge >= 0.3 is 0 Å². The summed E-state index contributed by atoms with van der Waals surface area (Å²) < 4.78 is 17.2. The maximum Gasteiger partial charge on any atom is 0.113 e. The molecule has 0 saturated carbocycles. The average molecular weight is 800 g/mol. The molecule has 1 aromatic heterocycles. The third-order valence-electron chi connectivity index (χ3n) is 10.0. The molecule has 3 saturated heterocycles. The summed E-state index contributed by atoms with van der Waals surface area (Å²) in [4.78, 5) is 3.26. The van der Waals surface area contributed by atoms with Crippen LogP contribution in [0.1, 0.15) is 41.5 Å². The van der Waals surface area contributed by atoms with E-state index in [-0.39, 0.29) is 13.2 Å². The molecule has 310 valence electrons. The lowest BCUT2D eigenvalue weighted by atomic mass is 9.88. The van der Waals surface area contributed by atoms with Gasteiger partial charge < -0.3 is 80.4 Å². The molecule has 3 fully saturated rings. The summed E-state index contributed by atoms with van der Waals surface area (Å²) in [5, 5.41) is 115. The Balaban J connectivity index is 0.000000229. The van der Waals surface area contributed by atoms with Gasteiger partial charge in [-0.3, -0.25) is 0 Å². The largest absolute Gasteiger partial charge is 0.394 e. The summed E-state index contributed by atoms with van der Waals surface area (Å²) in [5.74, 6) is 0. The van der Waals surface area contributed by atoms with E-state index in [0.29, 0.717) is 6.54 Å². The van der Waals surface area contributed by atoms with Gasteiger partial charge in [-0.05, 0) is 62.2 Å². The Labute approximate surface area is 323 Å². The van der Waals surface area contributed by atoms with Crippen LogP contribution in [-0.4, -0.2) is 186 Å². The molecule has 0 amide bonds. The topological polar surface area (TPSA) is 274 Å². The van der Waals surface area contributed by atoms with Crippen molar-refractivity contribution in [3.63, 3.8) is 0 Å². The number of aliphatic hydroxyl groups excluding tert-OH is 12. The summed E-state index contributed by atoms with van der Waals surface area (Å²) in [7, 11) is 3.92. The minimum Gasteiger partial charge on any atom is -0.394 e. The molecular weight excluding hydrogens is 742 g/mol. The zero-order chi connectivity index (χ0) is 40.7. The fourth-order valence-electron chi connectivity index (χ4n) is 6.76. The van der Waals surface area contributed by atoms with E-state index in [2.05, 4.69) is 24.3 Å². The van der Waals surface area contributed by atoms with Gasteiger partial charge in [-0.15, -0.1) is 11.3 Å². The second-order valence-electron chi connectivity index (χ2n) is 14.5. The molecule has 16 nitrogen and oxygen atoms in total. The first kappa shape index (κ1) is 45.5. The van der Waals surface area contributed by atoms with Crippen molar-refractivity contribution in [2.45, 2.75) is 118 Å². The number of nitrogens with zero attached hydrogens (tertiary/aromatic N) is 1. The van der Waals surface area contributed by atoms with Gasteiger partial charge in [0.2, 0.25) is 0 Å². The molecule has 3 aliphatic rings. The predicted molar refractivity (Wildman–Crippen MR) is 200 cm³/mol. The van der Waals surface area contributed by atoms with Crippen LogP contribution < -0.4 is 0 Å². The van der Waals surface area contributed by atoms with E-state index in [1.807, 2.05) is 43.3 Å². The molecule has 15 atom stereocenters. The zero-order valence-electron chi connectivity index (χ0n) is 31.3. The summed E-state index contributed by atoms with van der Waals surface area (Å²) >= 11 is 1.76. The highest BCUT2D eigenvalue weighted by Gasteiger charge is 2.45. The maximum atomic E-state index is 10.7. The van der Waals surface area contributed by atoms with Crippen molar-refractivity contribution in [1.82, 2.24) is 4.90 Å². The van der Waals surface area contributed by atoms with Crippen molar-refractivity contribution >= 4 is 21.4 Å².